The maximum atomic E-state index is 14.1. The minimum Gasteiger partial charge on any atom is -0.377 e. The fraction of sp³-hybridized carbons (Fsp3) is 0.625. The van der Waals surface area contributed by atoms with Gasteiger partial charge in [0.05, 0.1) is 18.4 Å². The Labute approximate surface area is 121 Å². The summed E-state index contributed by atoms with van der Waals surface area (Å²) in [6.45, 7) is 6.06. The van der Waals surface area contributed by atoms with Crippen molar-refractivity contribution in [2.45, 2.75) is 45.4 Å². The molecule has 4 heteroatoms. The summed E-state index contributed by atoms with van der Waals surface area (Å²) in [5.74, 6) is -0.160. The van der Waals surface area contributed by atoms with Gasteiger partial charge in [-0.1, -0.05) is 6.07 Å². The van der Waals surface area contributed by atoms with Gasteiger partial charge in [-0.3, -0.25) is 0 Å². The van der Waals surface area contributed by atoms with E-state index >= 15 is 0 Å². The van der Waals surface area contributed by atoms with Gasteiger partial charge in [-0.15, -0.1) is 0 Å². The molecule has 1 aliphatic rings. The Balaban J connectivity index is 1.86. The van der Waals surface area contributed by atoms with Gasteiger partial charge in [0.1, 0.15) is 5.82 Å². The second-order valence-electron chi connectivity index (χ2n) is 5.78. The molecule has 0 spiro atoms. The molecule has 1 N–H and O–H groups in total. The summed E-state index contributed by atoms with van der Waals surface area (Å²) in [5.41, 5.74) is 1.64. The molecule has 1 aliphatic carbocycles. The topological polar surface area (TPSA) is 24.5 Å². The highest BCUT2D eigenvalue weighted by molar-refractivity contribution is 5.48. The van der Waals surface area contributed by atoms with Gasteiger partial charge in [0.2, 0.25) is 0 Å². The zero-order valence-corrected chi connectivity index (χ0v) is 12.7. The lowest BCUT2D eigenvalue weighted by Gasteiger charge is -2.21. The lowest BCUT2D eigenvalue weighted by molar-refractivity contribution is 0.0845. The van der Waals surface area contributed by atoms with E-state index in [2.05, 4.69) is 5.32 Å². The van der Waals surface area contributed by atoms with Crippen LogP contribution >= 0.6 is 0 Å². The van der Waals surface area contributed by atoms with E-state index in [1.807, 2.05) is 37.9 Å². The molecule has 1 aromatic carbocycles. The summed E-state index contributed by atoms with van der Waals surface area (Å²) in [7, 11) is 1.89. The monoisotopic (exact) mass is 280 g/mol. The van der Waals surface area contributed by atoms with Crippen LogP contribution in [0.1, 0.15) is 32.3 Å². The van der Waals surface area contributed by atoms with Crippen LogP contribution in [0, 0.1) is 5.82 Å². The van der Waals surface area contributed by atoms with Crippen LogP contribution in [-0.2, 0) is 11.3 Å². The van der Waals surface area contributed by atoms with Crippen LogP contribution in [-0.4, -0.2) is 32.3 Å². The Morgan fingerprint density at radius 3 is 2.75 bits per heavy atom. The molecule has 0 amide bonds. The van der Waals surface area contributed by atoms with E-state index in [0.717, 1.165) is 12.1 Å². The number of hydrogen-bond donors (Lipinski definition) is 1. The minimum absolute atomic E-state index is 0.160. The van der Waals surface area contributed by atoms with Crippen molar-refractivity contribution in [3.8, 4) is 0 Å². The number of halogens is 1. The van der Waals surface area contributed by atoms with Crippen molar-refractivity contribution in [3.63, 3.8) is 0 Å². The first kappa shape index (κ1) is 15.3. The minimum atomic E-state index is -0.160. The predicted molar refractivity (Wildman–Crippen MR) is 80.6 cm³/mol. The lowest BCUT2D eigenvalue weighted by atomic mass is 10.2. The van der Waals surface area contributed by atoms with Crippen LogP contribution in [0.2, 0.25) is 0 Å². The van der Waals surface area contributed by atoms with Crippen LogP contribution < -0.4 is 10.2 Å². The van der Waals surface area contributed by atoms with E-state index < -0.39 is 0 Å². The van der Waals surface area contributed by atoms with Crippen LogP contribution in [0.15, 0.2) is 18.2 Å². The molecule has 2 rings (SSSR count). The fourth-order valence-corrected chi connectivity index (χ4v) is 2.07. The van der Waals surface area contributed by atoms with Gasteiger partial charge in [0.15, 0.2) is 0 Å². The SMILES string of the molecule is CC(C)OCCN(C)c1ccc(CNC2CC2)cc1F. The van der Waals surface area contributed by atoms with Crippen molar-refractivity contribution in [2.24, 2.45) is 0 Å². The van der Waals surface area contributed by atoms with Gasteiger partial charge in [-0.05, 0) is 44.4 Å². The molecule has 112 valence electrons. The van der Waals surface area contributed by atoms with E-state index in [-0.39, 0.29) is 11.9 Å². The smallest absolute Gasteiger partial charge is 0.146 e. The molecule has 0 heterocycles. The van der Waals surface area contributed by atoms with Gasteiger partial charge in [0.25, 0.3) is 0 Å². The van der Waals surface area contributed by atoms with Gasteiger partial charge in [-0.25, -0.2) is 4.39 Å². The quantitative estimate of drug-likeness (QED) is 0.792. The van der Waals surface area contributed by atoms with Crippen LogP contribution in [0.25, 0.3) is 0 Å². The first-order valence-electron chi connectivity index (χ1n) is 7.41. The largest absolute Gasteiger partial charge is 0.377 e. The lowest BCUT2D eigenvalue weighted by Crippen LogP contribution is -2.25. The first-order chi connectivity index (χ1) is 9.56. The highest BCUT2D eigenvalue weighted by Gasteiger charge is 2.20. The third-order valence-corrected chi connectivity index (χ3v) is 3.47. The Bertz CT molecular complexity index is 432. The number of nitrogens with zero attached hydrogens (tertiary/aromatic N) is 1. The maximum Gasteiger partial charge on any atom is 0.146 e. The van der Waals surface area contributed by atoms with Crippen molar-refractivity contribution < 1.29 is 9.13 Å². The van der Waals surface area contributed by atoms with E-state index in [1.54, 1.807) is 6.07 Å². The van der Waals surface area contributed by atoms with E-state index in [9.17, 15) is 4.39 Å². The fourth-order valence-electron chi connectivity index (χ4n) is 2.07. The predicted octanol–water partition coefficient (Wildman–Crippen LogP) is 2.94. The molecule has 1 fully saturated rings. The molecule has 3 nitrogen and oxygen atoms in total. The number of likely N-dealkylation sites (N-methyl/N-ethyl adjacent to an activating group) is 1. The Morgan fingerprint density at radius 2 is 2.15 bits per heavy atom. The number of nitrogens with one attached hydrogen (secondary N) is 1. The average Bonchev–Trinajstić information content (AvgIpc) is 3.19. The summed E-state index contributed by atoms with van der Waals surface area (Å²) in [5, 5.41) is 3.40. The van der Waals surface area contributed by atoms with Gasteiger partial charge >= 0.3 is 0 Å². The second kappa shape index (κ2) is 7.04. The molecule has 0 bridgehead atoms. The van der Waals surface area contributed by atoms with Crippen molar-refractivity contribution in [1.82, 2.24) is 5.32 Å². The maximum absolute atomic E-state index is 14.1. The molecule has 0 aromatic heterocycles. The zero-order valence-electron chi connectivity index (χ0n) is 12.7. The molecule has 0 unspecified atom stereocenters. The van der Waals surface area contributed by atoms with Crippen LogP contribution in [0.5, 0.6) is 0 Å². The molecule has 0 saturated heterocycles. The molecule has 0 aliphatic heterocycles. The van der Waals surface area contributed by atoms with E-state index in [4.69, 9.17) is 4.74 Å². The van der Waals surface area contributed by atoms with Gasteiger partial charge in [0, 0.05) is 26.2 Å². The molecule has 1 aromatic rings. The van der Waals surface area contributed by atoms with E-state index in [1.165, 1.54) is 12.8 Å². The molecule has 0 atom stereocenters. The Hall–Kier alpha value is -1.13. The number of ether oxygens (including phenoxy) is 1. The van der Waals surface area contributed by atoms with Crippen molar-refractivity contribution >= 4 is 5.69 Å². The Kier molecular flexibility index (Phi) is 5.38. The standard InChI is InChI=1S/C16H25FN2O/c1-12(2)20-9-8-19(3)16-7-4-13(10-15(16)17)11-18-14-5-6-14/h4,7,10,12,14,18H,5-6,8-9,11H2,1-3H3. The average molecular weight is 280 g/mol. The second-order valence-corrected chi connectivity index (χ2v) is 5.78. The molecular formula is C16H25FN2O. The third kappa shape index (κ3) is 4.76. The third-order valence-electron chi connectivity index (χ3n) is 3.47. The van der Waals surface area contributed by atoms with Crippen molar-refractivity contribution in [2.75, 3.05) is 25.1 Å². The number of benzene rings is 1. The summed E-state index contributed by atoms with van der Waals surface area (Å²) in [4.78, 5) is 1.90. The number of anilines is 1. The summed E-state index contributed by atoms with van der Waals surface area (Å²) >= 11 is 0. The van der Waals surface area contributed by atoms with Crippen molar-refractivity contribution in [3.05, 3.63) is 29.6 Å². The molecule has 0 radical (unpaired) electrons. The van der Waals surface area contributed by atoms with Crippen LogP contribution in [0.3, 0.4) is 0 Å². The van der Waals surface area contributed by atoms with Crippen LogP contribution in [0.4, 0.5) is 10.1 Å². The number of rotatable bonds is 8. The number of hydrogen-bond acceptors (Lipinski definition) is 3. The highest BCUT2D eigenvalue weighted by atomic mass is 19.1. The molecular weight excluding hydrogens is 255 g/mol. The summed E-state index contributed by atoms with van der Waals surface area (Å²) < 4.78 is 19.6. The molecule has 1 saturated carbocycles. The normalized spacial score (nSPS) is 14.8. The zero-order chi connectivity index (χ0) is 14.5. The van der Waals surface area contributed by atoms with E-state index in [0.29, 0.717) is 24.9 Å². The first-order valence-corrected chi connectivity index (χ1v) is 7.41. The van der Waals surface area contributed by atoms with Gasteiger partial charge < -0.3 is 15.0 Å². The highest BCUT2D eigenvalue weighted by Crippen LogP contribution is 2.22. The summed E-state index contributed by atoms with van der Waals surface area (Å²) in [6, 6.07) is 6.13. The van der Waals surface area contributed by atoms with Crippen molar-refractivity contribution in [1.29, 1.82) is 0 Å². The van der Waals surface area contributed by atoms with Gasteiger partial charge in [-0.2, -0.15) is 0 Å². The Morgan fingerprint density at radius 1 is 1.40 bits per heavy atom. The molecule has 20 heavy (non-hydrogen) atoms. The summed E-state index contributed by atoms with van der Waals surface area (Å²) in [6.07, 6.45) is 2.71.